The third-order valence-electron chi connectivity index (χ3n) is 4.74. The van der Waals surface area contributed by atoms with Crippen LogP contribution < -0.4 is 4.74 Å². The first-order chi connectivity index (χ1) is 13.4. The molecule has 7 nitrogen and oxygen atoms in total. The van der Waals surface area contributed by atoms with Crippen molar-refractivity contribution in [3.63, 3.8) is 0 Å². The average Bonchev–Trinajstić information content (AvgIpc) is 3.30. The normalized spacial score (nSPS) is 16.9. The van der Waals surface area contributed by atoms with E-state index in [4.69, 9.17) is 16.3 Å². The van der Waals surface area contributed by atoms with E-state index in [0.717, 1.165) is 10.7 Å². The van der Waals surface area contributed by atoms with Gasteiger partial charge >= 0.3 is 12.4 Å². The van der Waals surface area contributed by atoms with Crippen molar-refractivity contribution in [2.24, 2.45) is 5.41 Å². The number of tetrazole rings is 1. The van der Waals surface area contributed by atoms with E-state index in [1.54, 1.807) is 0 Å². The van der Waals surface area contributed by atoms with Crippen LogP contribution >= 0.6 is 11.6 Å². The van der Waals surface area contributed by atoms with E-state index in [2.05, 4.69) is 15.5 Å². The van der Waals surface area contributed by atoms with Crippen LogP contribution in [-0.4, -0.2) is 63.6 Å². The van der Waals surface area contributed by atoms with Gasteiger partial charge in [0.05, 0.1) is 23.4 Å². The third-order valence-corrected chi connectivity index (χ3v) is 5.04. The minimum absolute atomic E-state index is 0.0569. The molecular weight excluding hydrogens is 432 g/mol. The fraction of sp³-hybridized carbons (Fsp3) is 0.467. The van der Waals surface area contributed by atoms with Crippen LogP contribution in [-0.2, 0) is 0 Å². The number of nitrogens with zero attached hydrogens (tertiary/aromatic N) is 5. The Labute approximate surface area is 164 Å². The van der Waals surface area contributed by atoms with Crippen LogP contribution in [0.1, 0.15) is 16.8 Å². The number of halogens is 7. The SMILES string of the molecule is COc1cc(-n2cnnn2)c(Cl)cc1C(=O)N1CCC(C(F)(F)F)(C(F)(F)F)C1. The number of carbonyl (C=O) groups excluding carboxylic acids is 1. The molecule has 1 aliphatic rings. The van der Waals surface area contributed by atoms with E-state index in [9.17, 15) is 31.1 Å². The van der Waals surface area contributed by atoms with Crippen molar-refractivity contribution in [1.29, 1.82) is 0 Å². The van der Waals surface area contributed by atoms with Gasteiger partial charge in [-0.2, -0.15) is 31.0 Å². The zero-order valence-electron chi connectivity index (χ0n) is 14.6. The predicted octanol–water partition coefficient (Wildman–Crippen LogP) is 3.28. The fourth-order valence-electron chi connectivity index (χ4n) is 3.10. The van der Waals surface area contributed by atoms with Crippen molar-refractivity contribution in [3.05, 3.63) is 29.0 Å². The largest absolute Gasteiger partial charge is 0.496 e. The molecule has 14 heteroatoms. The van der Waals surface area contributed by atoms with Gasteiger partial charge in [0.15, 0.2) is 5.41 Å². The maximum atomic E-state index is 13.2. The summed E-state index contributed by atoms with van der Waals surface area (Å²) in [6.07, 6.45) is -11.2. The first-order valence-corrected chi connectivity index (χ1v) is 8.33. The van der Waals surface area contributed by atoms with Gasteiger partial charge < -0.3 is 9.64 Å². The maximum absolute atomic E-state index is 13.2. The Morgan fingerprint density at radius 2 is 1.86 bits per heavy atom. The lowest BCUT2D eigenvalue weighted by molar-refractivity contribution is -0.334. The highest BCUT2D eigenvalue weighted by Gasteiger charge is 2.72. The number of hydrogen-bond acceptors (Lipinski definition) is 5. The Morgan fingerprint density at radius 1 is 1.21 bits per heavy atom. The lowest BCUT2D eigenvalue weighted by Crippen LogP contribution is -2.52. The molecule has 0 unspecified atom stereocenters. The summed E-state index contributed by atoms with van der Waals surface area (Å²) in [4.78, 5) is 13.2. The van der Waals surface area contributed by atoms with Crippen LogP contribution in [0, 0.1) is 5.41 Å². The summed E-state index contributed by atoms with van der Waals surface area (Å²) in [5.41, 5.74) is -4.07. The van der Waals surface area contributed by atoms with Gasteiger partial charge in [0.2, 0.25) is 0 Å². The molecule has 0 radical (unpaired) electrons. The summed E-state index contributed by atoms with van der Waals surface area (Å²) in [6, 6.07) is 2.34. The molecule has 0 saturated carbocycles. The van der Waals surface area contributed by atoms with Gasteiger partial charge in [-0.05, 0) is 22.9 Å². The van der Waals surface area contributed by atoms with Gasteiger partial charge in [-0.25, -0.2) is 0 Å². The number of carbonyl (C=O) groups is 1. The van der Waals surface area contributed by atoms with Gasteiger partial charge in [-0.1, -0.05) is 11.6 Å². The predicted molar refractivity (Wildman–Crippen MR) is 85.8 cm³/mol. The van der Waals surface area contributed by atoms with Gasteiger partial charge in [0, 0.05) is 19.2 Å². The van der Waals surface area contributed by atoms with Gasteiger partial charge in [0.1, 0.15) is 12.1 Å². The number of benzene rings is 1. The molecular formula is C15H12ClF6N5O2. The molecule has 0 atom stereocenters. The maximum Gasteiger partial charge on any atom is 0.404 e. The number of alkyl halides is 6. The standard InChI is InChI=1S/C15H12ClF6N5O2/c1-29-11-5-10(27-7-23-24-25-27)9(16)4-8(11)12(28)26-3-2-13(6-26,14(17,18)19)15(20,21)22/h4-5,7H,2-3,6H2,1H3. The second-order valence-electron chi connectivity index (χ2n) is 6.31. The highest BCUT2D eigenvalue weighted by atomic mass is 35.5. The van der Waals surface area contributed by atoms with Gasteiger partial charge in [-0.3, -0.25) is 4.79 Å². The zero-order valence-corrected chi connectivity index (χ0v) is 15.3. The Hall–Kier alpha value is -2.57. The van der Waals surface area contributed by atoms with Crippen molar-refractivity contribution in [1.82, 2.24) is 25.1 Å². The molecule has 1 saturated heterocycles. The molecule has 29 heavy (non-hydrogen) atoms. The van der Waals surface area contributed by atoms with Crippen LogP contribution in [0.2, 0.25) is 5.02 Å². The first kappa shape index (κ1) is 21.1. The van der Waals surface area contributed by atoms with E-state index in [0.29, 0.717) is 4.90 Å². The molecule has 1 fully saturated rings. The van der Waals surface area contributed by atoms with Gasteiger partial charge in [0.25, 0.3) is 5.91 Å². The van der Waals surface area contributed by atoms with Crippen molar-refractivity contribution in [2.45, 2.75) is 18.8 Å². The van der Waals surface area contributed by atoms with Crippen LogP contribution in [0.3, 0.4) is 0 Å². The Kier molecular flexibility index (Phi) is 5.13. The number of likely N-dealkylation sites (tertiary alicyclic amines) is 1. The summed E-state index contributed by atoms with van der Waals surface area (Å²) in [5, 5.41) is 10.4. The summed E-state index contributed by atoms with van der Waals surface area (Å²) >= 11 is 6.10. The lowest BCUT2D eigenvalue weighted by Gasteiger charge is -2.33. The van der Waals surface area contributed by atoms with Crippen molar-refractivity contribution < 1.29 is 35.9 Å². The third kappa shape index (κ3) is 3.47. The second kappa shape index (κ2) is 7.04. The summed E-state index contributed by atoms with van der Waals surface area (Å²) < 4.78 is 85.7. The number of amides is 1. The van der Waals surface area contributed by atoms with E-state index in [-0.39, 0.29) is 22.0 Å². The number of ether oxygens (including phenoxy) is 1. The molecule has 2 heterocycles. The first-order valence-electron chi connectivity index (χ1n) is 7.95. The molecule has 0 bridgehead atoms. The quantitative estimate of drug-likeness (QED) is 0.681. The Bertz CT molecular complexity index is 901. The topological polar surface area (TPSA) is 73.1 Å². The van der Waals surface area contributed by atoms with E-state index in [1.165, 1.54) is 19.5 Å². The number of hydrogen-bond donors (Lipinski definition) is 0. The molecule has 0 aliphatic carbocycles. The molecule has 1 aliphatic heterocycles. The highest BCUT2D eigenvalue weighted by Crippen LogP contribution is 2.55. The second-order valence-corrected chi connectivity index (χ2v) is 6.72. The van der Waals surface area contributed by atoms with E-state index in [1.807, 2.05) is 0 Å². The van der Waals surface area contributed by atoms with Gasteiger partial charge in [-0.15, -0.1) is 5.10 Å². The van der Waals surface area contributed by atoms with Crippen LogP contribution in [0.15, 0.2) is 18.5 Å². The smallest absolute Gasteiger partial charge is 0.404 e. The monoisotopic (exact) mass is 443 g/mol. The Balaban J connectivity index is 1.96. The van der Waals surface area contributed by atoms with Crippen molar-refractivity contribution >= 4 is 17.5 Å². The molecule has 1 aromatic carbocycles. The molecule has 158 valence electrons. The molecule has 0 spiro atoms. The highest BCUT2D eigenvalue weighted by molar-refractivity contribution is 6.33. The van der Waals surface area contributed by atoms with Crippen molar-refractivity contribution in [3.8, 4) is 11.4 Å². The summed E-state index contributed by atoms with van der Waals surface area (Å²) in [6.45, 7) is -2.28. The lowest BCUT2D eigenvalue weighted by atomic mass is 9.85. The Morgan fingerprint density at radius 3 is 2.34 bits per heavy atom. The number of aromatic nitrogens is 4. The minimum atomic E-state index is -5.56. The van der Waals surface area contributed by atoms with Crippen LogP contribution in [0.5, 0.6) is 5.75 Å². The fourth-order valence-corrected chi connectivity index (χ4v) is 3.35. The summed E-state index contributed by atoms with van der Waals surface area (Å²) in [5.74, 6) is -1.18. The van der Waals surface area contributed by atoms with Crippen molar-refractivity contribution in [2.75, 3.05) is 20.2 Å². The van der Waals surface area contributed by atoms with E-state index < -0.39 is 43.2 Å². The molecule has 0 N–H and O–H groups in total. The molecule has 3 rings (SSSR count). The minimum Gasteiger partial charge on any atom is -0.496 e. The van der Waals surface area contributed by atoms with Crippen LogP contribution in [0.4, 0.5) is 26.3 Å². The molecule has 1 aromatic heterocycles. The van der Waals surface area contributed by atoms with E-state index >= 15 is 0 Å². The average molecular weight is 444 g/mol. The van der Waals surface area contributed by atoms with Crippen LogP contribution in [0.25, 0.3) is 5.69 Å². The summed E-state index contributed by atoms with van der Waals surface area (Å²) in [7, 11) is 1.18. The number of rotatable bonds is 3. The number of methoxy groups -OCH3 is 1. The molecule has 1 amide bonds. The molecule has 2 aromatic rings. The zero-order chi connectivity index (χ0) is 21.6.